The van der Waals surface area contributed by atoms with E-state index in [1.165, 1.54) is 6.21 Å². The molecule has 0 aromatic heterocycles. The van der Waals surface area contributed by atoms with Gasteiger partial charge < -0.3 is 0 Å². The number of allylic oxidation sites excluding steroid dienone is 1. The van der Waals surface area contributed by atoms with Gasteiger partial charge in [0.15, 0.2) is 0 Å². The molecule has 0 aromatic rings. The maximum absolute atomic E-state index is 11.4. The number of ketones is 1. The lowest BCUT2D eigenvalue weighted by molar-refractivity contribution is -0.120. The van der Waals surface area contributed by atoms with Crippen molar-refractivity contribution >= 4 is 17.9 Å². The monoisotopic (exact) mass is 193 g/mol. The highest BCUT2D eigenvalue weighted by molar-refractivity contribution is 6.10. The van der Waals surface area contributed by atoms with Gasteiger partial charge in [-0.3, -0.25) is 9.59 Å². The summed E-state index contributed by atoms with van der Waals surface area (Å²) in [6, 6.07) is 0. The Morgan fingerprint density at radius 1 is 1.43 bits per heavy atom. The summed E-state index contributed by atoms with van der Waals surface area (Å²) in [5.74, 6) is -0.114. The van der Waals surface area contributed by atoms with Crippen LogP contribution in [-0.2, 0) is 9.59 Å². The molecule has 0 bridgehead atoms. The Labute approximate surface area is 83.9 Å². The third-order valence-electron chi connectivity index (χ3n) is 2.19. The van der Waals surface area contributed by atoms with Crippen LogP contribution in [0.15, 0.2) is 16.6 Å². The van der Waals surface area contributed by atoms with Crippen LogP contribution in [0.25, 0.3) is 0 Å². The molecule has 0 N–H and O–H groups in total. The van der Waals surface area contributed by atoms with Gasteiger partial charge in [0.05, 0.1) is 0 Å². The first-order chi connectivity index (χ1) is 6.74. The van der Waals surface area contributed by atoms with Crippen molar-refractivity contribution in [2.24, 2.45) is 4.99 Å². The lowest BCUT2D eigenvalue weighted by atomic mass is 10.0. The molecule has 0 aromatic carbocycles. The van der Waals surface area contributed by atoms with Crippen LogP contribution in [0.5, 0.6) is 0 Å². The summed E-state index contributed by atoms with van der Waals surface area (Å²) >= 11 is 0. The lowest BCUT2D eigenvalue weighted by Crippen LogP contribution is -2.04. The molecule has 1 aliphatic heterocycles. The fourth-order valence-electron chi connectivity index (χ4n) is 1.36. The van der Waals surface area contributed by atoms with Crippen LogP contribution in [0, 0.1) is 0 Å². The zero-order valence-electron chi connectivity index (χ0n) is 8.45. The first kappa shape index (κ1) is 10.8. The van der Waals surface area contributed by atoms with Gasteiger partial charge in [-0.05, 0) is 12.5 Å². The van der Waals surface area contributed by atoms with Crippen LogP contribution >= 0.6 is 0 Å². The average molecular weight is 193 g/mol. The highest BCUT2D eigenvalue weighted by Gasteiger charge is 2.14. The molecule has 1 aliphatic rings. The number of hydrogen-bond acceptors (Lipinski definition) is 2. The van der Waals surface area contributed by atoms with Crippen molar-refractivity contribution in [2.45, 2.75) is 39.0 Å². The molecule has 76 valence electrons. The fraction of sp³-hybridized carbons (Fsp3) is 0.545. The highest BCUT2D eigenvalue weighted by Crippen LogP contribution is 2.11. The number of amides is 1. The average Bonchev–Trinajstić information content (AvgIpc) is 2.52. The van der Waals surface area contributed by atoms with Crippen molar-refractivity contribution in [2.75, 3.05) is 0 Å². The Kier molecular flexibility index (Phi) is 4.23. The first-order valence-corrected chi connectivity index (χ1v) is 5.03. The Hall–Kier alpha value is -1.25. The molecule has 1 amide bonds. The zero-order chi connectivity index (χ0) is 10.4. The predicted molar refractivity (Wildman–Crippen MR) is 55.3 cm³/mol. The summed E-state index contributed by atoms with van der Waals surface area (Å²) in [6.07, 6.45) is 7.03. The SMILES string of the molecule is CCCCCC(=O)CC1=CC=NC1=O. The summed E-state index contributed by atoms with van der Waals surface area (Å²) < 4.78 is 0. The molecule has 1 rings (SSSR count). The minimum Gasteiger partial charge on any atom is -0.299 e. The second-order valence-electron chi connectivity index (χ2n) is 3.45. The van der Waals surface area contributed by atoms with Crippen LogP contribution < -0.4 is 0 Å². The van der Waals surface area contributed by atoms with Gasteiger partial charge >= 0.3 is 0 Å². The normalized spacial score (nSPS) is 14.6. The number of unbranched alkanes of at least 4 members (excludes halogenated alkanes) is 2. The van der Waals surface area contributed by atoms with E-state index in [9.17, 15) is 9.59 Å². The maximum atomic E-state index is 11.4. The smallest absolute Gasteiger partial charge is 0.273 e. The van der Waals surface area contributed by atoms with Crippen LogP contribution in [0.1, 0.15) is 39.0 Å². The molecule has 0 saturated carbocycles. The molecule has 0 spiro atoms. The molecular weight excluding hydrogens is 178 g/mol. The number of Topliss-reactive ketones (excluding diaryl/α,β-unsaturated/α-hetero) is 1. The van der Waals surface area contributed by atoms with Gasteiger partial charge in [-0.1, -0.05) is 19.8 Å². The van der Waals surface area contributed by atoms with Gasteiger partial charge in [-0.15, -0.1) is 0 Å². The summed E-state index contributed by atoms with van der Waals surface area (Å²) in [5.41, 5.74) is 0.534. The first-order valence-electron chi connectivity index (χ1n) is 5.03. The Morgan fingerprint density at radius 2 is 2.21 bits per heavy atom. The van der Waals surface area contributed by atoms with E-state index >= 15 is 0 Å². The third kappa shape index (κ3) is 3.24. The van der Waals surface area contributed by atoms with Gasteiger partial charge in [0.2, 0.25) is 0 Å². The van der Waals surface area contributed by atoms with Crippen LogP contribution in [-0.4, -0.2) is 17.9 Å². The molecular formula is C11H15NO2. The molecule has 0 radical (unpaired) electrons. The van der Waals surface area contributed by atoms with Crippen molar-refractivity contribution in [1.29, 1.82) is 0 Å². The standard InChI is InChI=1S/C11H15NO2/c1-2-3-4-5-10(13)8-9-6-7-12-11(9)14/h6-7H,2-5,8H2,1H3. The number of hydrogen-bond donors (Lipinski definition) is 0. The zero-order valence-corrected chi connectivity index (χ0v) is 8.45. The highest BCUT2D eigenvalue weighted by atomic mass is 16.1. The second kappa shape index (κ2) is 5.47. The van der Waals surface area contributed by atoms with Crippen molar-refractivity contribution in [3.63, 3.8) is 0 Å². The van der Waals surface area contributed by atoms with Gasteiger partial charge in [-0.2, -0.15) is 0 Å². The van der Waals surface area contributed by atoms with E-state index in [4.69, 9.17) is 0 Å². The second-order valence-corrected chi connectivity index (χ2v) is 3.45. The largest absolute Gasteiger partial charge is 0.299 e. The van der Waals surface area contributed by atoms with Crippen molar-refractivity contribution in [3.8, 4) is 0 Å². The maximum Gasteiger partial charge on any atom is 0.273 e. The minimum absolute atomic E-state index is 0.142. The molecule has 0 saturated heterocycles. The van der Waals surface area contributed by atoms with E-state index in [0.29, 0.717) is 12.0 Å². The lowest BCUT2D eigenvalue weighted by Gasteiger charge is -1.99. The van der Waals surface area contributed by atoms with Gasteiger partial charge in [0.1, 0.15) is 5.78 Å². The molecule has 3 heteroatoms. The summed E-state index contributed by atoms with van der Waals surface area (Å²) in [6.45, 7) is 2.10. The number of carbonyl (C=O) groups excluding carboxylic acids is 2. The van der Waals surface area contributed by atoms with Crippen molar-refractivity contribution < 1.29 is 9.59 Å². The van der Waals surface area contributed by atoms with Gasteiger partial charge in [0.25, 0.3) is 5.91 Å². The minimum atomic E-state index is -0.256. The molecule has 14 heavy (non-hydrogen) atoms. The van der Waals surface area contributed by atoms with Crippen molar-refractivity contribution in [3.05, 3.63) is 11.6 Å². The van der Waals surface area contributed by atoms with E-state index in [1.807, 2.05) is 0 Å². The summed E-state index contributed by atoms with van der Waals surface area (Å²) in [5, 5.41) is 0. The molecule has 0 fully saturated rings. The molecule has 0 atom stereocenters. The molecule has 1 heterocycles. The van der Waals surface area contributed by atoms with Gasteiger partial charge in [0, 0.05) is 24.6 Å². The van der Waals surface area contributed by atoms with Crippen molar-refractivity contribution in [1.82, 2.24) is 0 Å². The number of nitrogens with zero attached hydrogens (tertiary/aromatic N) is 1. The summed E-state index contributed by atoms with van der Waals surface area (Å²) in [4.78, 5) is 26.0. The topological polar surface area (TPSA) is 46.5 Å². The van der Waals surface area contributed by atoms with E-state index < -0.39 is 0 Å². The van der Waals surface area contributed by atoms with E-state index in [1.54, 1.807) is 6.08 Å². The number of carbonyl (C=O) groups is 2. The van der Waals surface area contributed by atoms with Crippen LogP contribution in [0.4, 0.5) is 0 Å². The Balaban J connectivity index is 2.24. The Bertz CT molecular complexity index is 290. The molecule has 0 aliphatic carbocycles. The van der Waals surface area contributed by atoms with E-state index in [2.05, 4.69) is 11.9 Å². The quantitative estimate of drug-likeness (QED) is 0.606. The Morgan fingerprint density at radius 3 is 2.79 bits per heavy atom. The van der Waals surface area contributed by atoms with Crippen LogP contribution in [0.3, 0.4) is 0 Å². The molecule has 0 unspecified atom stereocenters. The summed E-state index contributed by atoms with van der Waals surface area (Å²) in [7, 11) is 0. The molecule has 3 nitrogen and oxygen atoms in total. The fourth-order valence-corrected chi connectivity index (χ4v) is 1.36. The number of aliphatic imine (C=N–C) groups is 1. The van der Waals surface area contributed by atoms with Gasteiger partial charge in [-0.25, -0.2) is 4.99 Å². The van der Waals surface area contributed by atoms with E-state index in [0.717, 1.165) is 19.3 Å². The predicted octanol–water partition coefficient (Wildman–Crippen LogP) is 2.06. The van der Waals surface area contributed by atoms with E-state index in [-0.39, 0.29) is 18.1 Å². The number of rotatable bonds is 6. The third-order valence-corrected chi connectivity index (χ3v) is 2.19. The van der Waals surface area contributed by atoms with Crippen LogP contribution in [0.2, 0.25) is 0 Å².